The molecule has 0 saturated carbocycles. The molecule has 66 valence electrons. The Morgan fingerprint density at radius 3 is 2.55 bits per heavy atom. The molecule has 1 rings (SSSR count). The van der Waals surface area contributed by atoms with Crippen molar-refractivity contribution >= 4 is 0 Å². The lowest BCUT2D eigenvalue weighted by molar-refractivity contribution is -0.228. The van der Waals surface area contributed by atoms with Gasteiger partial charge in [-0.05, 0) is 0 Å². The van der Waals surface area contributed by atoms with E-state index in [1.807, 2.05) is 0 Å². The van der Waals surface area contributed by atoms with E-state index in [-0.39, 0.29) is 13.0 Å². The first-order valence-corrected chi connectivity index (χ1v) is 3.55. The summed E-state index contributed by atoms with van der Waals surface area (Å²) in [6.07, 6.45) is -3.55. The molecular weight excluding hydrogens is 150 g/mol. The van der Waals surface area contributed by atoms with Crippen LogP contribution in [-0.2, 0) is 4.74 Å². The third kappa shape index (κ3) is 1.88. The molecule has 0 spiro atoms. The van der Waals surface area contributed by atoms with Crippen molar-refractivity contribution in [2.75, 3.05) is 6.54 Å². The summed E-state index contributed by atoms with van der Waals surface area (Å²) in [6.45, 7) is 0.0925. The van der Waals surface area contributed by atoms with Crippen molar-refractivity contribution < 1.29 is 20.1 Å². The largest absolute Gasteiger partial charge is 0.390 e. The molecule has 1 fully saturated rings. The Bertz CT molecular complexity index is 132. The number of ether oxygens (including phenoxy) is 1. The van der Waals surface area contributed by atoms with E-state index in [4.69, 9.17) is 20.7 Å². The number of nitrogens with two attached hydrogens (primary N) is 1. The van der Waals surface area contributed by atoms with Gasteiger partial charge in [0.05, 0.1) is 6.10 Å². The van der Waals surface area contributed by atoms with Gasteiger partial charge >= 0.3 is 0 Å². The first kappa shape index (κ1) is 8.89. The Morgan fingerprint density at radius 2 is 2.00 bits per heavy atom. The van der Waals surface area contributed by atoms with Crippen LogP contribution in [-0.4, -0.2) is 46.5 Å². The van der Waals surface area contributed by atoms with Crippen molar-refractivity contribution in [1.82, 2.24) is 0 Å². The van der Waals surface area contributed by atoms with Crippen molar-refractivity contribution in [3.05, 3.63) is 0 Å². The molecule has 1 heterocycles. The fourth-order valence-corrected chi connectivity index (χ4v) is 1.13. The summed E-state index contributed by atoms with van der Waals surface area (Å²) in [5.41, 5.74) is 5.21. The van der Waals surface area contributed by atoms with Crippen molar-refractivity contribution in [3.8, 4) is 0 Å². The Hall–Kier alpha value is -0.200. The van der Waals surface area contributed by atoms with Crippen molar-refractivity contribution in [2.24, 2.45) is 5.73 Å². The van der Waals surface area contributed by atoms with Crippen LogP contribution in [0.3, 0.4) is 0 Å². The van der Waals surface area contributed by atoms with Gasteiger partial charge in [-0.2, -0.15) is 0 Å². The van der Waals surface area contributed by atoms with Crippen molar-refractivity contribution in [1.29, 1.82) is 0 Å². The van der Waals surface area contributed by atoms with E-state index in [9.17, 15) is 5.11 Å². The van der Waals surface area contributed by atoms with Crippen LogP contribution < -0.4 is 5.73 Å². The second-order valence-corrected chi connectivity index (χ2v) is 2.66. The maximum absolute atomic E-state index is 9.19. The van der Waals surface area contributed by atoms with E-state index in [1.165, 1.54) is 0 Å². The molecule has 0 unspecified atom stereocenters. The van der Waals surface area contributed by atoms with Gasteiger partial charge in [-0.15, -0.1) is 0 Å². The summed E-state index contributed by atoms with van der Waals surface area (Å²) in [4.78, 5) is 0. The lowest BCUT2D eigenvalue weighted by atomic mass is 10.0. The lowest BCUT2D eigenvalue weighted by Gasteiger charge is -2.34. The van der Waals surface area contributed by atoms with Crippen LogP contribution in [0.5, 0.6) is 0 Å². The normalized spacial score (nSPS) is 45.8. The minimum Gasteiger partial charge on any atom is -0.390 e. The van der Waals surface area contributed by atoms with Gasteiger partial charge < -0.3 is 25.8 Å². The van der Waals surface area contributed by atoms with Crippen LogP contribution in [0.15, 0.2) is 0 Å². The van der Waals surface area contributed by atoms with Crippen molar-refractivity contribution in [3.63, 3.8) is 0 Å². The molecule has 0 bridgehead atoms. The number of aliphatic hydroxyl groups excluding tert-OH is 3. The van der Waals surface area contributed by atoms with Gasteiger partial charge in [-0.1, -0.05) is 0 Å². The molecule has 0 aromatic heterocycles. The summed E-state index contributed by atoms with van der Waals surface area (Å²) in [5.74, 6) is 0. The van der Waals surface area contributed by atoms with E-state index >= 15 is 0 Å². The summed E-state index contributed by atoms with van der Waals surface area (Å²) < 4.78 is 4.84. The molecule has 4 atom stereocenters. The zero-order valence-corrected chi connectivity index (χ0v) is 6.05. The van der Waals surface area contributed by atoms with Crippen molar-refractivity contribution in [2.45, 2.75) is 31.0 Å². The third-order valence-electron chi connectivity index (χ3n) is 1.78. The second kappa shape index (κ2) is 3.46. The molecule has 0 aromatic rings. The van der Waals surface area contributed by atoms with E-state index in [2.05, 4.69) is 0 Å². The molecular formula is C6H13NO4. The molecule has 0 amide bonds. The van der Waals surface area contributed by atoms with Gasteiger partial charge in [0.1, 0.15) is 12.2 Å². The molecule has 0 radical (unpaired) electrons. The standard InChI is InChI=1S/C6H13NO4/c7-2-4-6(10)3(8)1-5(9)11-4/h3-6,8-10H,1-2,7H2/t3-,4-,5+,6+/m1/s1. The summed E-state index contributed by atoms with van der Waals surface area (Å²) in [5, 5.41) is 27.2. The number of rotatable bonds is 1. The number of hydrogen-bond acceptors (Lipinski definition) is 5. The van der Waals surface area contributed by atoms with Crippen LogP contribution in [0.2, 0.25) is 0 Å². The van der Waals surface area contributed by atoms with E-state index < -0.39 is 24.6 Å². The Balaban J connectivity index is 2.51. The molecule has 1 aliphatic rings. The van der Waals surface area contributed by atoms with E-state index in [0.717, 1.165) is 0 Å². The predicted octanol–water partition coefficient (Wildman–Crippen LogP) is -2.23. The second-order valence-electron chi connectivity index (χ2n) is 2.66. The lowest BCUT2D eigenvalue weighted by Crippen LogP contribution is -2.51. The molecule has 5 N–H and O–H groups in total. The first-order valence-electron chi connectivity index (χ1n) is 3.55. The molecule has 5 heteroatoms. The zero-order valence-electron chi connectivity index (χ0n) is 6.05. The maximum atomic E-state index is 9.19. The monoisotopic (exact) mass is 163 g/mol. The Morgan fingerprint density at radius 1 is 1.36 bits per heavy atom. The first-order chi connectivity index (χ1) is 5.15. The van der Waals surface area contributed by atoms with E-state index in [1.54, 1.807) is 0 Å². The van der Waals surface area contributed by atoms with Crippen LogP contribution >= 0.6 is 0 Å². The number of aliphatic hydroxyl groups is 3. The fourth-order valence-electron chi connectivity index (χ4n) is 1.13. The highest BCUT2D eigenvalue weighted by atomic mass is 16.6. The smallest absolute Gasteiger partial charge is 0.157 e. The van der Waals surface area contributed by atoms with Crippen LogP contribution in [0.25, 0.3) is 0 Å². The molecule has 5 nitrogen and oxygen atoms in total. The Kier molecular flexibility index (Phi) is 2.80. The fraction of sp³-hybridized carbons (Fsp3) is 1.00. The summed E-state index contributed by atoms with van der Waals surface area (Å²) in [6, 6.07) is 0. The SMILES string of the molecule is NC[C@H]1O[C@H](O)C[C@@H](O)[C@@H]1O. The van der Waals surface area contributed by atoms with Gasteiger partial charge in [0.15, 0.2) is 6.29 Å². The summed E-state index contributed by atoms with van der Waals surface area (Å²) in [7, 11) is 0. The maximum Gasteiger partial charge on any atom is 0.157 e. The average molecular weight is 163 g/mol. The van der Waals surface area contributed by atoms with Crippen LogP contribution in [0, 0.1) is 0 Å². The molecule has 11 heavy (non-hydrogen) atoms. The minimum atomic E-state index is -1.01. The average Bonchev–Trinajstić information content (AvgIpc) is 1.96. The number of hydrogen-bond donors (Lipinski definition) is 4. The molecule has 0 aromatic carbocycles. The third-order valence-corrected chi connectivity index (χ3v) is 1.78. The summed E-state index contributed by atoms with van der Waals surface area (Å²) >= 11 is 0. The highest BCUT2D eigenvalue weighted by Crippen LogP contribution is 2.17. The molecule has 1 aliphatic heterocycles. The van der Waals surface area contributed by atoms with Gasteiger partial charge in [0, 0.05) is 13.0 Å². The Labute approximate surface area is 64.4 Å². The van der Waals surface area contributed by atoms with E-state index in [0.29, 0.717) is 0 Å². The molecule has 0 aliphatic carbocycles. The molecule has 1 saturated heterocycles. The highest BCUT2D eigenvalue weighted by Gasteiger charge is 2.34. The van der Waals surface area contributed by atoms with Gasteiger partial charge in [-0.3, -0.25) is 0 Å². The topological polar surface area (TPSA) is 95.9 Å². The minimum absolute atomic E-state index is 0.0394. The van der Waals surface area contributed by atoms with Crippen LogP contribution in [0.4, 0.5) is 0 Å². The predicted molar refractivity (Wildman–Crippen MR) is 36.6 cm³/mol. The quantitative estimate of drug-likeness (QED) is 0.351. The van der Waals surface area contributed by atoms with Gasteiger partial charge in [0.2, 0.25) is 0 Å². The van der Waals surface area contributed by atoms with Gasteiger partial charge in [-0.25, -0.2) is 0 Å². The van der Waals surface area contributed by atoms with Gasteiger partial charge in [0.25, 0.3) is 0 Å². The zero-order chi connectivity index (χ0) is 8.43. The van der Waals surface area contributed by atoms with Crippen LogP contribution in [0.1, 0.15) is 6.42 Å². The highest BCUT2D eigenvalue weighted by molar-refractivity contribution is 4.82.